The lowest BCUT2D eigenvalue weighted by atomic mass is 10.0. The van der Waals surface area contributed by atoms with Crippen molar-refractivity contribution in [3.05, 3.63) is 47.0 Å². The van der Waals surface area contributed by atoms with E-state index < -0.39 is 0 Å². The van der Waals surface area contributed by atoms with Gasteiger partial charge in [0, 0.05) is 13.0 Å². The third kappa shape index (κ3) is 6.56. The van der Waals surface area contributed by atoms with Crippen LogP contribution in [0.25, 0.3) is 12.2 Å². The Bertz CT molecular complexity index is 556. The summed E-state index contributed by atoms with van der Waals surface area (Å²) in [7, 11) is 0. The number of carbonyl (C=O) groups excluding carboxylic acids is 2. The maximum absolute atomic E-state index is 11.3. The highest BCUT2D eigenvalue weighted by atomic mass is 16.5. The van der Waals surface area contributed by atoms with Crippen LogP contribution in [0.1, 0.15) is 31.9 Å². The van der Waals surface area contributed by atoms with Crippen LogP contribution < -0.4 is 0 Å². The van der Waals surface area contributed by atoms with Crippen LogP contribution in [-0.4, -0.2) is 25.2 Å². The van der Waals surface area contributed by atoms with E-state index in [1.54, 1.807) is 13.0 Å². The Morgan fingerprint density at radius 1 is 1.10 bits per heavy atom. The molecule has 0 bridgehead atoms. The first kappa shape index (κ1) is 16.7. The smallest absolute Gasteiger partial charge is 0.330 e. The fourth-order valence-electron chi connectivity index (χ4n) is 1.66. The molecule has 0 radical (unpaired) electrons. The van der Waals surface area contributed by atoms with E-state index in [1.165, 1.54) is 13.0 Å². The summed E-state index contributed by atoms with van der Waals surface area (Å²) < 4.78 is 9.80. The molecule has 0 saturated carbocycles. The van der Waals surface area contributed by atoms with Crippen LogP contribution in [-0.2, 0) is 19.1 Å². The summed E-state index contributed by atoms with van der Waals surface area (Å²) in [5.41, 5.74) is 2.76. The van der Waals surface area contributed by atoms with E-state index in [4.69, 9.17) is 9.47 Å². The molecule has 0 spiro atoms. The molecule has 1 aromatic rings. The van der Waals surface area contributed by atoms with Crippen LogP contribution in [0.2, 0.25) is 0 Å². The minimum absolute atomic E-state index is 0.255. The number of rotatable bonds is 6. The summed E-state index contributed by atoms with van der Waals surface area (Å²) >= 11 is 0. The van der Waals surface area contributed by atoms with Gasteiger partial charge in [-0.2, -0.15) is 0 Å². The lowest BCUT2D eigenvalue weighted by Crippen LogP contribution is -2.01. The number of hydrogen-bond donors (Lipinski definition) is 0. The van der Waals surface area contributed by atoms with Crippen molar-refractivity contribution >= 4 is 24.1 Å². The second-order valence-corrected chi connectivity index (χ2v) is 4.49. The third-order valence-corrected chi connectivity index (χ3v) is 2.59. The van der Waals surface area contributed by atoms with E-state index in [0.717, 1.165) is 16.7 Å². The van der Waals surface area contributed by atoms with Crippen LogP contribution in [0, 0.1) is 0 Å². The minimum Gasteiger partial charge on any atom is -0.463 e. The molecule has 0 aromatic heterocycles. The number of benzene rings is 1. The molecule has 0 fully saturated rings. The van der Waals surface area contributed by atoms with Crippen molar-refractivity contribution in [2.45, 2.75) is 20.8 Å². The second kappa shape index (κ2) is 8.74. The van der Waals surface area contributed by atoms with Crippen LogP contribution in [0.5, 0.6) is 0 Å². The van der Waals surface area contributed by atoms with Gasteiger partial charge >= 0.3 is 11.9 Å². The summed E-state index contributed by atoms with van der Waals surface area (Å²) in [4.78, 5) is 22.1. The van der Waals surface area contributed by atoms with Gasteiger partial charge in [0.15, 0.2) is 0 Å². The highest BCUT2D eigenvalue weighted by molar-refractivity contribution is 5.88. The molecule has 1 rings (SSSR count). The molecule has 4 heteroatoms. The van der Waals surface area contributed by atoms with Gasteiger partial charge in [-0.3, -0.25) is 4.79 Å². The van der Waals surface area contributed by atoms with Gasteiger partial charge in [-0.15, -0.1) is 0 Å². The van der Waals surface area contributed by atoms with E-state index in [-0.39, 0.29) is 18.5 Å². The Balaban J connectivity index is 2.86. The molecule has 0 aliphatic carbocycles. The van der Waals surface area contributed by atoms with Gasteiger partial charge in [0.25, 0.3) is 0 Å². The third-order valence-electron chi connectivity index (χ3n) is 2.59. The molecule has 0 aliphatic rings. The molecule has 0 unspecified atom stereocenters. The van der Waals surface area contributed by atoms with Crippen LogP contribution in [0.4, 0.5) is 0 Å². The lowest BCUT2D eigenvalue weighted by Gasteiger charge is -2.05. The average molecular weight is 288 g/mol. The average Bonchev–Trinajstić information content (AvgIpc) is 2.44. The molecule has 0 aliphatic heterocycles. The zero-order valence-corrected chi connectivity index (χ0v) is 12.6. The van der Waals surface area contributed by atoms with Crippen molar-refractivity contribution in [3.63, 3.8) is 0 Å². The minimum atomic E-state index is -0.368. The Kier molecular flexibility index (Phi) is 6.95. The molecular weight excluding hydrogens is 268 g/mol. The zero-order chi connectivity index (χ0) is 15.7. The van der Waals surface area contributed by atoms with Crippen molar-refractivity contribution in [2.75, 3.05) is 13.2 Å². The summed E-state index contributed by atoms with van der Waals surface area (Å²) in [6.07, 6.45) is 5.04. The molecule has 4 nitrogen and oxygen atoms in total. The highest BCUT2D eigenvalue weighted by Crippen LogP contribution is 2.15. The number of carbonyl (C=O) groups is 2. The highest BCUT2D eigenvalue weighted by Gasteiger charge is 2.00. The molecule has 112 valence electrons. The van der Waals surface area contributed by atoms with E-state index in [9.17, 15) is 9.59 Å². The summed E-state index contributed by atoms with van der Waals surface area (Å²) in [5, 5.41) is 0. The van der Waals surface area contributed by atoms with Crippen molar-refractivity contribution in [3.8, 4) is 0 Å². The number of ether oxygens (including phenoxy) is 2. The predicted molar refractivity (Wildman–Crippen MR) is 82.4 cm³/mol. The van der Waals surface area contributed by atoms with Gasteiger partial charge in [0.05, 0.1) is 6.61 Å². The molecule has 0 atom stereocenters. The molecule has 0 N–H and O–H groups in total. The monoisotopic (exact) mass is 288 g/mol. The van der Waals surface area contributed by atoms with E-state index in [0.29, 0.717) is 6.61 Å². The van der Waals surface area contributed by atoms with Gasteiger partial charge in [-0.05, 0) is 36.6 Å². The van der Waals surface area contributed by atoms with Crippen LogP contribution in [0.15, 0.2) is 35.9 Å². The molecule has 21 heavy (non-hydrogen) atoms. The fraction of sp³-hybridized carbons (Fsp3) is 0.294. The van der Waals surface area contributed by atoms with Gasteiger partial charge in [-0.25, -0.2) is 4.79 Å². The van der Waals surface area contributed by atoms with Crippen LogP contribution >= 0.6 is 0 Å². The first-order valence-electron chi connectivity index (χ1n) is 6.77. The van der Waals surface area contributed by atoms with Crippen molar-refractivity contribution in [1.29, 1.82) is 0 Å². The van der Waals surface area contributed by atoms with E-state index in [1.807, 2.05) is 37.3 Å². The molecule has 0 heterocycles. The van der Waals surface area contributed by atoms with Crippen molar-refractivity contribution in [1.82, 2.24) is 0 Å². The van der Waals surface area contributed by atoms with Gasteiger partial charge < -0.3 is 9.47 Å². The molecule has 1 aromatic carbocycles. The largest absolute Gasteiger partial charge is 0.463 e. The Morgan fingerprint density at radius 3 is 2.38 bits per heavy atom. The first-order valence-corrected chi connectivity index (χ1v) is 6.77. The normalized spacial score (nSPS) is 11.5. The van der Waals surface area contributed by atoms with Crippen LogP contribution in [0.3, 0.4) is 0 Å². The van der Waals surface area contributed by atoms with Gasteiger partial charge in [0.1, 0.15) is 6.61 Å². The van der Waals surface area contributed by atoms with E-state index >= 15 is 0 Å². The lowest BCUT2D eigenvalue weighted by molar-refractivity contribution is -0.140. The topological polar surface area (TPSA) is 52.6 Å². The second-order valence-electron chi connectivity index (χ2n) is 4.49. The summed E-state index contributed by atoms with van der Waals surface area (Å²) in [6, 6.07) is 7.64. The van der Waals surface area contributed by atoms with Gasteiger partial charge in [-0.1, -0.05) is 30.3 Å². The SMILES string of the molecule is CCOC(=O)/C=C/c1ccccc1/C=C(\C)COC(C)=O. The quantitative estimate of drug-likeness (QED) is 0.595. The van der Waals surface area contributed by atoms with Gasteiger partial charge in [0.2, 0.25) is 0 Å². The number of esters is 2. The maximum Gasteiger partial charge on any atom is 0.330 e. The Morgan fingerprint density at radius 2 is 1.76 bits per heavy atom. The maximum atomic E-state index is 11.3. The zero-order valence-electron chi connectivity index (χ0n) is 12.6. The predicted octanol–water partition coefficient (Wildman–Crippen LogP) is 3.23. The number of hydrogen-bond acceptors (Lipinski definition) is 4. The summed E-state index contributed by atoms with van der Waals surface area (Å²) in [5.74, 6) is -0.675. The molecule has 0 amide bonds. The molecular formula is C17H20O4. The van der Waals surface area contributed by atoms with E-state index in [2.05, 4.69) is 0 Å². The Labute approximate surface area is 125 Å². The first-order chi connectivity index (χ1) is 10.0. The Hall–Kier alpha value is -2.36. The summed E-state index contributed by atoms with van der Waals surface area (Å²) in [6.45, 7) is 5.64. The fourth-order valence-corrected chi connectivity index (χ4v) is 1.66. The standard InChI is InChI=1S/C17H20O4/c1-4-20-17(19)10-9-15-7-5-6-8-16(15)11-13(2)12-21-14(3)18/h5-11H,4,12H2,1-3H3/b10-9+,13-11+. The van der Waals surface area contributed by atoms with Crippen molar-refractivity contribution in [2.24, 2.45) is 0 Å². The molecule has 0 saturated heterocycles. The van der Waals surface area contributed by atoms with Crippen molar-refractivity contribution < 1.29 is 19.1 Å².